The molecule has 28 heavy (non-hydrogen) atoms. The molecule has 138 valence electrons. The molecular weight excluding hydrogens is 582 g/mol. The summed E-state index contributed by atoms with van der Waals surface area (Å²) in [5.41, 5.74) is 0.959. The average Bonchev–Trinajstić information content (AvgIpc) is 2.71. The third-order valence-electron chi connectivity index (χ3n) is 4.00. The minimum atomic E-state index is -0.662. The molecule has 0 radical (unpaired) electrons. The van der Waals surface area contributed by atoms with Gasteiger partial charge in [0.1, 0.15) is 0 Å². The normalized spacial score (nSPS) is 10.4. The highest BCUT2D eigenvalue weighted by atomic mass is 127. The number of carbonyl (C=O) groups excluding carboxylic acids is 4. The zero-order valence-corrected chi connectivity index (χ0v) is 18.6. The fourth-order valence-electron chi connectivity index (χ4n) is 2.56. The van der Waals surface area contributed by atoms with Crippen LogP contribution in [0.2, 0.25) is 0 Å². The minimum Gasteiger partial charge on any atom is -0.285 e. The standard InChI is InChI=1S/C22H12I2O4/c23-17-5-1-3-15(11-17)21(27)19(25)13-7-9-14(10-8-13)20(26)22(28)16-4-2-6-18(24)12-16/h1-12H. The van der Waals surface area contributed by atoms with Crippen LogP contribution in [0.25, 0.3) is 0 Å². The molecule has 0 saturated carbocycles. The van der Waals surface area contributed by atoms with E-state index in [9.17, 15) is 19.2 Å². The van der Waals surface area contributed by atoms with Crippen LogP contribution >= 0.6 is 45.2 Å². The van der Waals surface area contributed by atoms with Crippen LogP contribution in [-0.4, -0.2) is 23.1 Å². The number of carbonyl (C=O) groups is 4. The van der Waals surface area contributed by atoms with Gasteiger partial charge in [0.2, 0.25) is 23.1 Å². The summed E-state index contributed by atoms with van der Waals surface area (Å²) in [5, 5.41) is 0. The lowest BCUT2D eigenvalue weighted by atomic mass is 9.97. The number of rotatable bonds is 6. The summed E-state index contributed by atoms with van der Waals surface area (Å²) in [4.78, 5) is 49.6. The van der Waals surface area contributed by atoms with Crippen LogP contribution in [0.15, 0.2) is 72.8 Å². The maximum atomic E-state index is 12.4. The van der Waals surface area contributed by atoms with Crippen LogP contribution in [0.3, 0.4) is 0 Å². The first kappa shape index (κ1) is 20.5. The Kier molecular flexibility index (Phi) is 6.50. The summed E-state index contributed by atoms with van der Waals surface area (Å²) >= 11 is 4.14. The van der Waals surface area contributed by atoms with Crippen LogP contribution in [0.1, 0.15) is 41.4 Å². The fourth-order valence-corrected chi connectivity index (χ4v) is 3.64. The molecular formula is C22H12I2O4. The van der Waals surface area contributed by atoms with Gasteiger partial charge in [-0.15, -0.1) is 0 Å². The Balaban J connectivity index is 1.79. The molecule has 0 amide bonds. The van der Waals surface area contributed by atoms with E-state index >= 15 is 0 Å². The van der Waals surface area contributed by atoms with E-state index in [1.807, 2.05) is 12.1 Å². The Morgan fingerprint density at radius 2 is 0.786 bits per heavy atom. The highest BCUT2D eigenvalue weighted by Gasteiger charge is 2.21. The second kappa shape index (κ2) is 8.87. The molecule has 0 aliphatic heterocycles. The highest BCUT2D eigenvalue weighted by Crippen LogP contribution is 2.15. The Labute approximate surface area is 188 Å². The van der Waals surface area contributed by atoms with Crippen molar-refractivity contribution in [1.29, 1.82) is 0 Å². The topological polar surface area (TPSA) is 68.3 Å². The molecule has 6 heteroatoms. The van der Waals surface area contributed by atoms with Gasteiger partial charge in [-0.25, -0.2) is 0 Å². The lowest BCUT2D eigenvalue weighted by molar-refractivity contribution is 0.0814. The first-order chi connectivity index (χ1) is 13.4. The number of halogens is 2. The first-order valence-electron chi connectivity index (χ1n) is 8.16. The van der Waals surface area contributed by atoms with Crippen molar-refractivity contribution >= 4 is 68.3 Å². The molecule has 3 aromatic carbocycles. The van der Waals surface area contributed by atoms with Crippen molar-refractivity contribution in [3.8, 4) is 0 Å². The Morgan fingerprint density at radius 3 is 1.11 bits per heavy atom. The van der Waals surface area contributed by atoms with Crippen molar-refractivity contribution in [2.24, 2.45) is 0 Å². The molecule has 0 aliphatic rings. The maximum absolute atomic E-state index is 12.4. The van der Waals surface area contributed by atoms with Crippen molar-refractivity contribution in [3.05, 3.63) is 102 Å². The minimum absolute atomic E-state index is 0.169. The number of hydrogen-bond donors (Lipinski definition) is 0. The molecule has 3 rings (SSSR count). The summed E-state index contributed by atoms with van der Waals surface area (Å²) < 4.78 is 1.71. The van der Waals surface area contributed by atoms with Crippen LogP contribution in [0, 0.1) is 7.14 Å². The lowest BCUT2D eigenvalue weighted by Crippen LogP contribution is -2.16. The van der Waals surface area contributed by atoms with E-state index < -0.39 is 23.1 Å². The van der Waals surface area contributed by atoms with Crippen LogP contribution < -0.4 is 0 Å². The van der Waals surface area contributed by atoms with Gasteiger partial charge in [-0.2, -0.15) is 0 Å². The second-order valence-corrected chi connectivity index (χ2v) is 8.41. The molecule has 0 heterocycles. The fraction of sp³-hybridized carbons (Fsp3) is 0. The SMILES string of the molecule is O=C(C(=O)c1cccc(I)c1)c1ccc(C(=O)C(=O)c2cccc(I)c2)cc1. The monoisotopic (exact) mass is 594 g/mol. The molecule has 0 bridgehead atoms. The van der Waals surface area contributed by atoms with E-state index in [1.54, 1.807) is 36.4 Å². The average molecular weight is 594 g/mol. The predicted molar refractivity (Wildman–Crippen MR) is 122 cm³/mol. The van der Waals surface area contributed by atoms with Gasteiger partial charge in [0.25, 0.3) is 0 Å². The van der Waals surface area contributed by atoms with Crippen molar-refractivity contribution in [2.75, 3.05) is 0 Å². The van der Waals surface area contributed by atoms with Crippen LogP contribution in [0.4, 0.5) is 0 Å². The van der Waals surface area contributed by atoms with Gasteiger partial charge in [0.05, 0.1) is 0 Å². The summed E-state index contributed by atoms with van der Waals surface area (Å²) in [7, 11) is 0. The summed E-state index contributed by atoms with van der Waals surface area (Å²) in [6.07, 6.45) is 0. The molecule has 0 aliphatic carbocycles. The largest absolute Gasteiger partial charge is 0.285 e. The molecule has 0 N–H and O–H groups in total. The summed E-state index contributed by atoms with van der Waals surface area (Å²) in [6, 6.07) is 19.1. The number of Topliss-reactive ketones (excluding diaryl/α,β-unsaturated/α-hetero) is 4. The third kappa shape index (κ3) is 4.61. The number of hydrogen-bond acceptors (Lipinski definition) is 4. The van der Waals surface area contributed by atoms with Crippen molar-refractivity contribution in [2.45, 2.75) is 0 Å². The van der Waals surface area contributed by atoms with Gasteiger partial charge in [-0.3, -0.25) is 19.2 Å². The van der Waals surface area contributed by atoms with Gasteiger partial charge >= 0.3 is 0 Å². The number of benzene rings is 3. The molecule has 0 spiro atoms. The van der Waals surface area contributed by atoms with Crippen molar-refractivity contribution in [3.63, 3.8) is 0 Å². The smallest absolute Gasteiger partial charge is 0.233 e. The molecule has 4 nitrogen and oxygen atoms in total. The van der Waals surface area contributed by atoms with Crippen LogP contribution in [-0.2, 0) is 0 Å². The first-order valence-corrected chi connectivity index (χ1v) is 10.3. The van der Waals surface area contributed by atoms with E-state index in [2.05, 4.69) is 45.2 Å². The van der Waals surface area contributed by atoms with E-state index in [1.165, 1.54) is 24.3 Å². The van der Waals surface area contributed by atoms with Gasteiger partial charge in [-0.1, -0.05) is 48.5 Å². The molecule has 0 unspecified atom stereocenters. The third-order valence-corrected chi connectivity index (χ3v) is 5.34. The molecule has 3 aromatic rings. The summed E-state index contributed by atoms with van der Waals surface area (Å²) in [6.45, 7) is 0. The highest BCUT2D eigenvalue weighted by molar-refractivity contribution is 14.1. The van der Waals surface area contributed by atoms with Crippen molar-refractivity contribution < 1.29 is 19.2 Å². The molecule has 0 atom stereocenters. The second-order valence-electron chi connectivity index (χ2n) is 5.91. The van der Waals surface area contributed by atoms with E-state index in [4.69, 9.17) is 0 Å². The lowest BCUT2D eigenvalue weighted by Gasteiger charge is -2.04. The number of ketones is 4. The zero-order valence-electron chi connectivity index (χ0n) is 14.3. The van der Waals surface area contributed by atoms with Gasteiger partial charge < -0.3 is 0 Å². The van der Waals surface area contributed by atoms with Gasteiger partial charge in [0.15, 0.2) is 0 Å². The van der Waals surface area contributed by atoms with Crippen molar-refractivity contribution in [1.82, 2.24) is 0 Å². The van der Waals surface area contributed by atoms with Crippen LogP contribution in [0.5, 0.6) is 0 Å². The Bertz CT molecular complexity index is 1010. The van der Waals surface area contributed by atoms with Gasteiger partial charge in [0, 0.05) is 29.4 Å². The van der Waals surface area contributed by atoms with Gasteiger partial charge in [-0.05, 0) is 69.4 Å². The predicted octanol–water partition coefficient (Wildman–Crippen LogP) is 5.03. The zero-order chi connectivity index (χ0) is 20.3. The Morgan fingerprint density at radius 1 is 0.464 bits per heavy atom. The molecule has 0 fully saturated rings. The molecule has 0 saturated heterocycles. The van der Waals surface area contributed by atoms with E-state index in [0.29, 0.717) is 11.1 Å². The Hall–Kier alpha value is -2.20. The van der Waals surface area contributed by atoms with E-state index in [-0.39, 0.29) is 11.1 Å². The maximum Gasteiger partial charge on any atom is 0.233 e. The quantitative estimate of drug-likeness (QED) is 0.228. The van der Waals surface area contributed by atoms with E-state index in [0.717, 1.165) is 7.14 Å². The molecule has 0 aromatic heterocycles. The summed E-state index contributed by atoms with van der Waals surface area (Å²) in [5.74, 6) is -2.56.